The zero-order valence-electron chi connectivity index (χ0n) is 11.9. The van der Waals surface area contributed by atoms with Gasteiger partial charge in [0.05, 0.1) is 5.92 Å². The number of esters is 1. The summed E-state index contributed by atoms with van der Waals surface area (Å²) in [5.41, 5.74) is 0. The highest BCUT2D eigenvalue weighted by Gasteiger charge is 2.20. The second-order valence-electron chi connectivity index (χ2n) is 4.99. The van der Waals surface area contributed by atoms with Crippen molar-refractivity contribution in [2.24, 2.45) is 5.92 Å². The van der Waals surface area contributed by atoms with Crippen LogP contribution in [0, 0.1) is 5.92 Å². The number of ether oxygens (including phenoxy) is 1. The Morgan fingerprint density at radius 3 is 2.50 bits per heavy atom. The van der Waals surface area contributed by atoms with E-state index < -0.39 is 0 Å². The Labute approximate surface area is 111 Å². The number of hydrogen-bond donors (Lipinski definition) is 0. The molecule has 0 aliphatic heterocycles. The maximum Gasteiger partial charge on any atom is 0.309 e. The van der Waals surface area contributed by atoms with E-state index in [1.807, 2.05) is 0 Å². The van der Waals surface area contributed by atoms with Crippen molar-refractivity contribution in [3.05, 3.63) is 12.2 Å². The average molecular weight is 253 g/mol. The molecule has 0 aromatic heterocycles. The number of carbonyl (C=O) groups excluding carboxylic acids is 1. The first-order valence-corrected chi connectivity index (χ1v) is 7.31. The molecule has 1 aliphatic rings. The molecule has 0 fully saturated rings. The fourth-order valence-corrected chi connectivity index (χ4v) is 2.37. The Bertz CT molecular complexity index is 257. The van der Waals surface area contributed by atoms with Crippen molar-refractivity contribution in [3.8, 4) is 0 Å². The van der Waals surface area contributed by atoms with Gasteiger partial charge in [-0.05, 0) is 45.2 Å². The van der Waals surface area contributed by atoms with Crippen LogP contribution in [0.3, 0.4) is 0 Å². The van der Waals surface area contributed by atoms with Crippen molar-refractivity contribution in [2.75, 3.05) is 26.2 Å². The van der Waals surface area contributed by atoms with E-state index in [1.54, 1.807) is 0 Å². The first kappa shape index (κ1) is 15.2. The molecule has 0 saturated carbocycles. The molecule has 104 valence electrons. The van der Waals surface area contributed by atoms with Crippen LogP contribution in [-0.4, -0.2) is 37.1 Å². The van der Waals surface area contributed by atoms with E-state index in [0.717, 1.165) is 51.7 Å². The molecule has 1 atom stereocenters. The predicted molar refractivity (Wildman–Crippen MR) is 74.5 cm³/mol. The molecule has 0 aromatic carbocycles. The number of rotatable bonds is 8. The second kappa shape index (κ2) is 9.15. The molecular weight excluding hydrogens is 226 g/mol. The van der Waals surface area contributed by atoms with E-state index in [1.165, 1.54) is 0 Å². The van der Waals surface area contributed by atoms with Crippen molar-refractivity contribution < 1.29 is 9.53 Å². The van der Waals surface area contributed by atoms with Crippen LogP contribution >= 0.6 is 0 Å². The fraction of sp³-hybridized carbons (Fsp3) is 0.800. The second-order valence-corrected chi connectivity index (χ2v) is 4.99. The van der Waals surface area contributed by atoms with Gasteiger partial charge in [-0.1, -0.05) is 26.0 Å². The van der Waals surface area contributed by atoms with Crippen molar-refractivity contribution in [1.82, 2.24) is 4.90 Å². The standard InChI is InChI=1S/C15H27NO2/c1-3-10-16(11-4-2)12-13-18-15(17)14-8-6-5-7-9-14/h5-6,14H,3-4,7-13H2,1-2H3. The van der Waals surface area contributed by atoms with Gasteiger partial charge in [0.2, 0.25) is 0 Å². The largest absolute Gasteiger partial charge is 0.464 e. The lowest BCUT2D eigenvalue weighted by atomic mass is 9.95. The van der Waals surface area contributed by atoms with Gasteiger partial charge in [0.15, 0.2) is 0 Å². The maximum absolute atomic E-state index is 11.8. The van der Waals surface area contributed by atoms with Gasteiger partial charge in [0.1, 0.15) is 6.61 Å². The molecule has 3 heteroatoms. The Morgan fingerprint density at radius 2 is 1.94 bits per heavy atom. The molecule has 0 bridgehead atoms. The van der Waals surface area contributed by atoms with Gasteiger partial charge < -0.3 is 4.74 Å². The molecule has 0 aromatic rings. The van der Waals surface area contributed by atoms with Crippen LogP contribution in [0.2, 0.25) is 0 Å². The molecule has 3 nitrogen and oxygen atoms in total. The fourth-order valence-electron chi connectivity index (χ4n) is 2.37. The highest BCUT2D eigenvalue weighted by atomic mass is 16.5. The summed E-state index contributed by atoms with van der Waals surface area (Å²) >= 11 is 0. The third-order valence-electron chi connectivity index (χ3n) is 3.33. The summed E-state index contributed by atoms with van der Waals surface area (Å²) < 4.78 is 5.39. The van der Waals surface area contributed by atoms with E-state index in [4.69, 9.17) is 4.74 Å². The number of nitrogens with zero attached hydrogens (tertiary/aromatic N) is 1. The van der Waals surface area contributed by atoms with Crippen LogP contribution in [0.25, 0.3) is 0 Å². The molecule has 0 amide bonds. The molecule has 1 rings (SSSR count). The van der Waals surface area contributed by atoms with E-state index >= 15 is 0 Å². The lowest BCUT2D eigenvalue weighted by Crippen LogP contribution is -2.31. The van der Waals surface area contributed by atoms with Crippen LogP contribution in [-0.2, 0) is 9.53 Å². The topological polar surface area (TPSA) is 29.5 Å². The van der Waals surface area contributed by atoms with Gasteiger partial charge in [-0.15, -0.1) is 0 Å². The van der Waals surface area contributed by atoms with E-state index in [9.17, 15) is 4.79 Å². The summed E-state index contributed by atoms with van der Waals surface area (Å²) in [4.78, 5) is 14.2. The zero-order chi connectivity index (χ0) is 13.2. The smallest absolute Gasteiger partial charge is 0.309 e. The molecule has 18 heavy (non-hydrogen) atoms. The summed E-state index contributed by atoms with van der Waals surface area (Å²) in [6.07, 6.45) is 9.36. The Hall–Kier alpha value is -0.830. The third kappa shape index (κ3) is 5.67. The summed E-state index contributed by atoms with van der Waals surface area (Å²) in [5, 5.41) is 0. The lowest BCUT2D eigenvalue weighted by Gasteiger charge is -2.22. The lowest BCUT2D eigenvalue weighted by molar-refractivity contribution is -0.149. The predicted octanol–water partition coefficient (Wildman–Crippen LogP) is 3.01. The van der Waals surface area contributed by atoms with Crippen LogP contribution in [0.5, 0.6) is 0 Å². The minimum Gasteiger partial charge on any atom is -0.464 e. The van der Waals surface area contributed by atoms with Crippen LogP contribution < -0.4 is 0 Å². The van der Waals surface area contributed by atoms with Gasteiger partial charge in [-0.3, -0.25) is 9.69 Å². The van der Waals surface area contributed by atoms with Gasteiger partial charge in [0, 0.05) is 6.54 Å². The van der Waals surface area contributed by atoms with Crippen molar-refractivity contribution >= 4 is 5.97 Å². The summed E-state index contributed by atoms with van der Waals surface area (Å²) in [6, 6.07) is 0. The quantitative estimate of drug-likeness (QED) is 0.492. The SMILES string of the molecule is CCCN(CCC)CCOC(=O)C1CC=CCC1. The Kier molecular flexibility index (Phi) is 7.74. The van der Waals surface area contributed by atoms with Crippen molar-refractivity contribution in [1.29, 1.82) is 0 Å². The number of hydrogen-bond acceptors (Lipinski definition) is 3. The molecule has 0 spiro atoms. The molecule has 0 heterocycles. The number of allylic oxidation sites excluding steroid dienone is 2. The van der Waals surface area contributed by atoms with Gasteiger partial charge in [-0.25, -0.2) is 0 Å². The Balaban J connectivity index is 2.18. The molecule has 1 aliphatic carbocycles. The summed E-state index contributed by atoms with van der Waals surface area (Å²) in [7, 11) is 0. The van der Waals surface area contributed by atoms with E-state index in [-0.39, 0.29) is 11.9 Å². The monoisotopic (exact) mass is 253 g/mol. The molecule has 0 saturated heterocycles. The summed E-state index contributed by atoms with van der Waals surface area (Å²) in [5.74, 6) is 0.0908. The Morgan fingerprint density at radius 1 is 1.22 bits per heavy atom. The van der Waals surface area contributed by atoms with E-state index in [0.29, 0.717) is 6.61 Å². The summed E-state index contributed by atoms with van der Waals surface area (Å²) in [6.45, 7) is 7.97. The molecule has 0 radical (unpaired) electrons. The van der Waals surface area contributed by atoms with Gasteiger partial charge in [0.25, 0.3) is 0 Å². The molecular formula is C15H27NO2. The van der Waals surface area contributed by atoms with Crippen molar-refractivity contribution in [3.63, 3.8) is 0 Å². The van der Waals surface area contributed by atoms with Crippen molar-refractivity contribution in [2.45, 2.75) is 46.0 Å². The van der Waals surface area contributed by atoms with Gasteiger partial charge in [-0.2, -0.15) is 0 Å². The molecule has 1 unspecified atom stereocenters. The first-order chi connectivity index (χ1) is 8.77. The third-order valence-corrected chi connectivity index (χ3v) is 3.33. The highest BCUT2D eigenvalue weighted by Crippen LogP contribution is 2.19. The van der Waals surface area contributed by atoms with Gasteiger partial charge >= 0.3 is 5.97 Å². The minimum atomic E-state index is -0.00713. The highest BCUT2D eigenvalue weighted by molar-refractivity contribution is 5.72. The zero-order valence-corrected chi connectivity index (χ0v) is 11.9. The number of carbonyl (C=O) groups is 1. The minimum absolute atomic E-state index is 0.00713. The van der Waals surface area contributed by atoms with Crippen LogP contribution in [0.1, 0.15) is 46.0 Å². The normalized spacial score (nSPS) is 19.2. The maximum atomic E-state index is 11.8. The van der Waals surface area contributed by atoms with Crippen LogP contribution in [0.15, 0.2) is 12.2 Å². The van der Waals surface area contributed by atoms with Crippen LogP contribution in [0.4, 0.5) is 0 Å². The molecule has 0 N–H and O–H groups in total. The average Bonchev–Trinajstić information content (AvgIpc) is 2.40. The first-order valence-electron chi connectivity index (χ1n) is 7.31. The van der Waals surface area contributed by atoms with E-state index in [2.05, 4.69) is 30.9 Å².